The van der Waals surface area contributed by atoms with Gasteiger partial charge in [-0.05, 0) is 0 Å². The first kappa shape index (κ1) is 10.6. The second-order valence-corrected chi connectivity index (χ2v) is 3.98. The molecule has 2 rings (SSSR count). The van der Waals surface area contributed by atoms with Crippen LogP contribution in [0.25, 0.3) is 0 Å². The quantitative estimate of drug-likeness (QED) is 0.781. The molecule has 16 heavy (non-hydrogen) atoms. The molecule has 0 amide bonds. The number of hydrogen-bond donors (Lipinski definition) is 2. The van der Waals surface area contributed by atoms with E-state index in [0.717, 1.165) is 0 Å². The topological polar surface area (TPSA) is 101 Å². The molecule has 2 aromatic rings. The van der Waals surface area contributed by atoms with Crippen molar-refractivity contribution in [3.63, 3.8) is 0 Å². The highest BCUT2D eigenvalue weighted by Gasteiger charge is 2.08. The Balaban J connectivity index is 2.02. The van der Waals surface area contributed by atoms with Crippen LogP contribution < -0.4 is 5.69 Å². The minimum Gasteiger partial charge on any atom is -0.476 e. The first-order valence-corrected chi connectivity index (χ1v) is 5.32. The Morgan fingerprint density at radius 2 is 2.44 bits per heavy atom. The van der Waals surface area contributed by atoms with Crippen molar-refractivity contribution in [2.45, 2.75) is 13.0 Å². The van der Waals surface area contributed by atoms with Crippen LogP contribution in [0.2, 0.25) is 0 Å². The minimum atomic E-state index is -1.04. The van der Waals surface area contributed by atoms with Gasteiger partial charge in [0.25, 0.3) is 0 Å². The summed E-state index contributed by atoms with van der Waals surface area (Å²) in [5.74, 6) is -1.04. The van der Waals surface area contributed by atoms with E-state index in [9.17, 15) is 9.59 Å². The maximum atomic E-state index is 11.1. The van der Waals surface area contributed by atoms with Gasteiger partial charge in [-0.1, -0.05) is 0 Å². The zero-order valence-corrected chi connectivity index (χ0v) is 8.90. The summed E-state index contributed by atoms with van der Waals surface area (Å²) in [4.78, 5) is 25.6. The molecular weight excluding hydrogens is 232 g/mol. The van der Waals surface area contributed by atoms with Crippen LogP contribution in [0.5, 0.6) is 0 Å². The van der Waals surface area contributed by atoms with Crippen LogP contribution >= 0.6 is 11.3 Å². The largest absolute Gasteiger partial charge is 0.476 e. The third-order valence-electron chi connectivity index (χ3n) is 1.96. The van der Waals surface area contributed by atoms with Crippen LogP contribution in [-0.2, 0) is 13.0 Å². The molecule has 0 fully saturated rings. The van der Waals surface area contributed by atoms with Crippen molar-refractivity contribution in [1.29, 1.82) is 0 Å². The van der Waals surface area contributed by atoms with Gasteiger partial charge in [0.1, 0.15) is 6.33 Å². The molecule has 2 heterocycles. The van der Waals surface area contributed by atoms with Crippen LogP contribution in [-0.4, -0.2) is 30.8 Å². The van der Waals surface area contributed by atoms with E-state index >= 15 is 0 Å². The standard InChI is InChI=1S/C8H8N4O3S/c13-7(14)5-3-16-6(10-5)1-2-12-4-9-11-8(12)15/h3-4H,1-2H2,(H,11,15)(H,13,14). The molecule has 84 valence electrons. The number of carboxylic acids is 1. The van der Waals surface area contributed by atoms with E-state index in [-0.39, 0.29) is 11.4 Å². The number of carboxylic acid groups (broad SMARTS) is 1. The number of rotatable bonds is 4. The molecule has 8 heteroatoms. The molecular formula is C8H8N4O3S. The first-order valence-electron chi connectivity index (χ1n) is 4.44. The van der Waals surface area contributed by atoms with Crippen molar-refractivity contribution in [1.82, 2.24) is 19.7 Å². The SMILES string of the molecule is O=C(O)c1csc(CCn2cn[nH]c2=O)n1. The maximum Gasteiger partial charge on any atom is 0.355 e. The van der Waals surface area contributed by atoms with E-state index in [1.54, 1.807) is 0 Å². The monoisotopic (exact) mass is 240 g/mol. The molecule has 0 atom stereocenters. The van der Waals surface area contributed by atoms with Crippen LogP contribution in [0.1, 0.15) is 15.5 Å². The van der Waals surface area contributed by atoms with Crippen LogP contribution in [0.3, 0.4) is 0 Å². The zero-order valence-electron chi connectivity index (χ0n) is 8.08. The predicted octanol–water partition coefficient (Wildman–Crippen LogP) is -0.0312. The van der Waals surface area contributed by atoms with Crippen LogP contribution in [0.15, 0.2) is 16.5 Å². The predicted molar refractivity (Wildman–Crippen MR) is 55.6 cm³/mol. The average Bonchev–Trinajstić information content (AvgIpc) is 2.83. The van der Waals surface area contributed by atoms with Gasteiger partial charge in [0.15, 0.2) is 5.69 Å². The Kier molecular flexibility index (Phi) is 2.82. The highest BCUT2D eigenvalue weighted by Crippen LogP contribution is 2.10. The second-order valence-electron chi connectivity index (χ2n) is 3.04. The van der Waals surface area contributed by atoms with Gasteiger partial charge < -0.3 is 5.11 Å². The number of nitrogens with one attached hydrogen (secondary N) is 1. The number of aromatic amines is 1. The second kappa shape index (κ2) is 4.27. The molecule has 0 unspecified atom stereocenters. The third-order valence-corrected chi connectivity index (χ3v) is 2.86. The van der Waals surface area contributed by atoms with E-state index < -0.39 is 5.97 Å². The third kappa shape index (κ3) is 2.16. The molecule has 0 aliphatic carbocycles. The fraction of sp³-hybridized carbons (Fsp3) is 0.250. The number of aromatic carboxylic acids is 1. The lowest BCUT2D eigenvalue weighted by atomic mass is 10.4. The van der Waals surface area contributed by atoms with Gasteiger partial charge in [-0.3, -0.25) is 4.57 Å². The Labute approximate surface area is 93.4 Å². The lowest BCUT2D eigenvalue weighted by Crippen LogP contribution is -2.17. The van der Waals surface area contributed by atoms with Crippen molar-refractivity contribution in [2.75, 3.05) is 0 Å². The summed E-state index contributed by atoms with van der Waals surface area (Å²) in [5.41, 5.74) is -0.241. The van der Waals surface area contributed by atoms with Gasteiger partial charge >= 0.3 is 11.7 Å². The van der Waals surface area contributed by atoms with E-state index in [1.807, 2.05) is 0 Å². The van der Waals surface area contributed by atoms with Gasteiger partial charge in [0.2, 0.25) is 0 Å². The fourth-order valence-corrected chi connectivity index (χ4v) is 1.93. The number of aromatic nitrogens is 4. The molecule has 0 aliphatic heterocycles. The zero-order chi connectivity index (χ0) is 11.5. The van der Waals surface area contributed by atoms with Crippen molar-refractivity contribution in [2.24, 2.45) is 0 Å². The molecule has 7 nitrogen and oxygen atoms in total. The summed E-state index contributed by atoms with van der Waals surface area (Å²) in [6, 6.07) is 0. The minimum absolute atomic E-state index is 0.0412. The summed E-state index contributed by atoms with van der Waals surface area (Å²) in [6.45, 7) is 0.432. The van der Waals surface area contributed by atoms with Crippen molar-refractivity contribution in [3.8, 4) is 0 Å². The lowest BCUT2D eigenvalue weighted by Gasteiger charge is -1.95. The number of nitrogens with zero attached hydrogens (tertiary/aromatic N) is 3. The highest BCUT2D eigenvalue weighted by molar-refractivity contribution is 7.09. The van der Waals surface area contributed by atoms with Gasteiger partial charge in [-0.2, -0.15) is 5.10 Å². The molecule has 0 aliphatic rings. The average molecular weight is 240 g/mol. The summed E-state index contributed by atoms with van der Waals surface area (Å²) in [5, 5.41) is 16.7. The molecule has 0 spiro atoms. The summed E-state index contributed by atoms with van der Waals surface area (Å²) >= 11 is 1.27. The van der Waals surface area contributed by atoms with E-state index in [0.29, 0.717) is 18.0 Å². The Hall–Kier alpha value is -1.96. The molecule has 0 saturated carbocycles. The molecule has 2 N–H and O–H groups in total. The smallest absolute Gasteiger partial charge is 0.355 e. The van der Waals surface area contributed by atoms with Gasteiger partial charge in [-0.15, -0.1) is 11.3 Å². The Bertz CT molecular complexity index is 555. The maximum absolute atomic E-state index is 11.1. The van der Waals surface area contributed by atoms with E-state index in [4.69, 9.17) is 5.11 Å². The molecule has 0 aromatic carbocycles. The number of aryl methyl sites for hydroxylation is 2. The molecule has 0 bridgehead atoms. The summed E-state index contributed by atoms with van der Waals surface area (Å²) in [6.07, 6.45) is 1.91. The van der Waals surface area contributed by atoms with Crippen molar-refractivity contribution < 1.29 is 9.90 Å². The first-order chi connectivity index (χ1) is 7.66. The fourth-order valence-electron chi connectivity index (χ4n) is 1.17. The van der Waals surface area contributed by atoms with Crippen LogP contribution in [0, 0.1) is 0 Å². The normalized spacial score (nSPS) is 10.5. The molecule has 0 saturated heterocycles. The highest BCUT2D eigenvalue weighted by atomic mass is 32.1. The van der Waals surface area contributed by atoms with E-state index in [1.165, 1.54) is 27.6 Å². The lowest BCUT2D eigenvalue weighted by molar-refractivity contribution is 0.0691. The van der Waals surface area contributed by atoms with Gasteiger partial charge in [0.05, 0.1) is 5.01 Å². The van der Waals surface area contributed by atoms with Gasteiger partial charge in [0, 0.05) is 18.3 Å². The van der Waals surface area contributed by atoms with Crippen molar-refractivity contribution in [3.05, 3.63) is 32.9 Å². The number of thiazole rings is 1. The van der Waals surface area contributed by atoms with Gasteiger partial charge in [-0.25, -0.2) is 19.7 Å². The number of carbonyl (C=O) groups is 1. The molecule has 2 aromatic heterocycles. The Morgan fingerprint density at radius 3 is 3.00 bits per heavy atom. The number of hydrogen-bond acceptors (Lipinski definition) is 5. The van der Waals surface area contributed by atoms with Crippen LogP contribution in [0.4, 0.5) is 0 Å². The molecule has 0 radical (unpaired) electrons. The van der Waals surface area contributed by atoms with Crippen molar-refractivity contribution >= 4 is 17.3 Å². The number of H-pyrrole nitrogens is 1. The Morgan fingerprint density at radius 1 is 1.62 bits per heavy atom. The van der Waals surface area contributed by atoms with E-state index in [2.05, 4.69) is 15.2 Å². The summed E-state index contributed by atoms with van der Waals surface area (Å²) < 4.78 is 1.40. The summed E-state index contributed by atoms with van der Waals surface area (Å²) in [7, 11) is 0.